The van der Waals surface area contributed by atoms with Gasteiger partial charge in [0.25, 0.3) is 0 Å². The van der Waals surface area contributed by atoms with Crippen molar-refractivity contribution in [2.24, 2.45) is 5.92 Å². The number of alkyl carbamates (subject to hydrolysis) is 1. The van der Waals surface area contributed by atoms with Crippen molar-refractivity contribution in [2.75, 3.05) is 6.61 Å². The number of Topliss-reactive ketones (excluding diaryl/α,β-unsaturated/α-hetero) is 1. The molecule has 0 spiro atoms. The highest BCUT2D eigenvalue weighted by Crippen LogP contribution is 2.44. The first-order valence-corrected chi connectivity index (χ1v) is 15.7. The minimum atomic E-state index is -0.755. The second-order valence-corrected chi connectivity index (χ2v) is 12.2. The third kappa shape index (κ3) is 6.57. The van der Waals surface area contributed by atoms with Crippen LogP contribution < -0.4 is 5.32 Å². The Morgan fingerprint density at radius 2 is 1.24 bits per heavy atom. The molecule has 1 amide bonds. The monoisotopic (exact) mass is 612 g/mol. The van der Waals surface area contributed by atoms with Gasteiger partial charge in [-0.1, -0.05) is 147 Å². The average molecular weight is 613 g/mol. The highest BCUT2D eigenvalue weighted by molar-refractivity contribution is 6.32. The predicted molar refractivity (Wildman–Crippen MR) is 181 cm³/mol. The Balaban J connectivity index is 1.20. The lowest BCUT2D eigenvalue weighted by Gasteiger charge is -2.22. The zero-order valence-electron chi connectivity index (χ0n) is 25.4. The van der Waals surface area contributed by atoms with Gasteiger partial charge in [-0.3, -0.25) is 4.79 Å². The lowest BCUT2D eigenvalue weighted by atomic mass is 9.84. The van der Waals surface area contributed by atoms with Gasteiger partial charge in [-0.05, 0) is 57.3 Å². The van der Waals surface area contributed by atoms with Crippen LogP contribution in [0.2, 0.25) is 5.02 Å². The van der Waals surface area contributed by atoms with Gasteiger partial charge in [0.05, 0.1) is 12.0 Å². The Morgan fingerprint density at radius 1 is 0.711 bits per heavy atom. The summed E-state index contributed by atoms with van der Waals surface area (Å²) in [6.45, 7) is 4.23. The molecular weight excluding hydrogens is 578 g/mol. The van der Waals surface area contributed by atoms with Gasteiger partial charge in [0.1, 0.15) is 6.61 Å². The maximum Gasteiger partial charge on any atom is 0.407 e. The van der Waals surface area contributed by atoms with Crippen molar-refractivity contribution in [3.8, 4) is 11.1 Å². The van der Waals surface area contributed by atoms with E-state index in [1.54, 1.807) is 12.1 Å². The van der Waals surface area contributed by atoms with Crippen molar-refractivity contribution in [1.29, 1.82) is 0 Å². The van der Waals surface area contributed by atoms with Crippen LogP contribution in [0.15, 0.2) is 127 Å². The number of carbonyl (C=O) groups excluding carboxylic acids is 2. The number of rotatable bonds is 10. The maximum absolute atomic E-state index is 13.8. The zero-order valence-corrected chi connectivity index (χ0v) is 26.1. The highest BCUT2D eigenvalue weighted by atomic mass is 35.5. The van der Waals surface area contributed by atoms with Crippen LogP contribution in [-0.2, 0) is 4.74 Å². The Morgan fingerprint density at radius 3 is 1.78 bits per heavy atom. The number of ketones is 1. The van der Waals surface area contributed by atoms with Crippen molar-refractivity contribution in [1.82, 2.24) is 5.32 Å². The smallest absolute Gasteiger partial charge is 0.407 e. The second-order valence-electron chi connectivity index (χ2n) is 11.8. The molecule has 1 N–H and O–H groups in total. The largest absolute Gasteiger partial charge is 0.449 e. The molecule has 0 saturated heterocycles. The lowest BCUT2D eigenvalue weighted by Crippen LogP contribution is -2.42. The molecule has 0 saturated carbocycles. The molecule has 0 bridgehead atoms. The first-order chi connectivity index (χ1) is 21.9. The zero-order chi connectivity index (χ0) is 31.3. The maximum atomic E-state index is 13.8. The van der Waals surface area contributed by atoms with E-state index in [1.807, 2.05) is 80.6 Å². The average Bonchev–Trinajstić information content (AvgIpc) is 3.38. The first-order valence-electron chi connectivity index (χ1n) is 15.3. The predicted octanol–water partition coefficient (Wildman–Crippen LogP) is 9.50. The van der Waals surface area contributed by atoms with E-state index in [4.69, 9.17) is 16.3 Å². The minimum absolute atomic E-state index is 0.0616. The molecule has 6 rings (SSSR count). The fraction of sp³-hybridized carbons (Fsp3) is 0.175. The molecule has 45 heavy (non-hydrogen) atoms. The minimum Gasteiger partial charge on any atom is -0.449 e. The van der Waals surface area contributed by atoms with Crippen molar-refractivity contribution < 1.29 is 14.3 Å². The number of hydrogen-bond acceptors (Lipinski definition) is 3. The van der Waals surface area contributed by atoms with Crippen molar-refractivity contribution >= 4 is 23.5 Å². The Kier molecular flexibility index (Phi) is 9.13. The molecule has 1 radical (unpaired) electrons. The lowest BCUT2D eigenvalue weighted by molar-refractivity contribution is 0.0905. The van der Waals surface area contributed by atoms with Gasteiger partial charge in [0, 0.05) is 16.5 Å². The van der Waals surface area contributed by atoms with Crippen molar-refractivity contribution in [3.63, 3.8) is 0 Å². The topological polar surface area (TPSA) is 55.4 Å². The van der Waals surface area contributed by atoms with Gasteiger partial charge in [-0.15, -0.1) is 0 Å². The summed E-state index contributed by atoms with van der Waals surface area (Å²) in [6, 6.07) is 41.2. The summed E-state index contributed by atoms with van der Waals surface area (Å²) in [4.78, 5) is 27.0. The SMILES string of the molecule is CC(C)C[C@H](NC(=O)OCC1c2ccccc2-c2ccccc21)C(=O)c1ccc([C](c2ccccc2)c2ccccc2)c(Cl)c1. The van der Waals surface area contributed by atoms with E-state index in [9.17, 15) is 9.59 Å². The van der Waals surface area contributed by atoms with E-state index in [1.165, 1.54) is 0 Å². The number of benzene rings is 5. The molecule has 1 aliphatic rings. The first kappa shape index (κ1) is 30.4. The molecule has 0 heterocycles. The molecule has 1 aliphatic carbocycles. The molecule has 5 aromatic rings. The van der Waals surface area contributed by atoms with Crippen molar-refractivity contribution in [2.45, 2.75) is 32.2 Å². The Bertz CT molecular complexity index is 1720. The summed E-state index contributed by atoms with van der Waals surface area (Å²) in [5.41, 5.74) is 7.92. The van der Waals surface area contributed by atoms with Crippen molar-refractivity contribution in [3.05, 3.63) is 172 Å². The van der Waals surface area contributed by atoms with Crippen LogP contribution in [0, 0.1) is 11.8 Å². The van der Waals surface area contributed by atoms with Crippen LogP contribution in [0.25, 0.3) is 11.1 Å². The third-order valence-corrected chi connectivity index (χ3v) is 8.62. The van der Waals surface area contributed by atoms with E-state index in [-0.39, 0.29) is 24.2 Å². The van der Waals surface area contributed by atoms with Gasteiger partial charge in [0.2, 0.25) is 0 Å². The highest BCUT2D eigenvalue weighted by Gasteiger charge is 2.30. The second kappa shape index (κ2) is 13.5. The fourth-order valence-corrected chi connectivity index (χ4v) is 6.52. The summed E-state index contributed by atoms with van der Waals surface area (Å²) < 4.78 is 5.78. The Hall–Kier alpha value is -4.67. The van der Waals surface area contributed by atoms with Crippen LogP contribution in [-0.4, -0.2) is 24.5 Å². The Labute approximate surface area is 270 Å². The van der Waals surface area contributed by atoms with E-state index in [0.29, 0.717) is 17.0 Å². The normalized spacial score (nSPS) is 12.9. The third-order valence-electron chi connectivity index (χ3n) is 8.31. The molecule has 5 heteroatoms. The van der Waals surface area contributed by atoms with E-state index < -0.39 is 12.1 Å². The van der Waals surface area contributed by atoms with Gasteiger partial charge in [-0.2, -0.15) is 0 Å². The van der Waals surface area contributed by atoms with E-state index in [0.717, 1.165) is 44.9 Å². The van der Waals surface area contributed by atoms with E-state index >= 15 is 0 Å². The molecule has 4 nitrogen and oxygen atoms in total. The van der Waals surface area contributed by atoms with Crippen LogP contribution in [0.5, 0.6) is 0 Å². The van der Waals surface area contributed by atoms with Crippen LogP contribution in [0.4, 0.5) is 4.79 Å². The number of ether oxygens (including phenoxy) is 1. The summed E-state index contributed by atoms with van der Waals surface area (Å²) >= 11 is 6.90. The molecule has 5 aromatic carbocycles. The quantitative estimate of drug-likeness (QED) is 0.126. The molecule has 0 fully saturated rings. The fourth-order valence-electron chi connectivity index (χ4n) is 6.24. The standard InChI is InChI=1S/C40H35ClNO3/c1-26(2)23-37(42-40(44)45-25-35-32-19-11-9-17-30(32)31-18-10-12-20-33(31)35)39(43)29-21-22-34(36(41)24-29)38(27-13-5-3-6-14-27)28-15-7-4-8-16-28/h3-22,24,26,35,37H,23,25H2,1-2H3,(H,42,44)/t37-/m0/s1. The van der Waals surface area contributed by atoms with Crippen LogP contribution >= 0.6 is 11.6 Å². The summed E-state index contributed by atoms with van der Waals surface area (Å²) in [5.74, 6) is 0.884. The number of nitrogens with one attached hydrogen (secondary N) is 1. The van der Waals surface area contributed by atoms with Crippen LogP contribution in [0.1, 0.15) is 64.4 Å². The number of halogens is 1. The molecular formula is C40H35ClNO3. The van der Waals surface area contributed by atoms with Gasteiger partial charge in [-0.25, -0.2) is 4.79 Å². The summed E-state index contributed by atoms with van der Waals surface area (Å²) in [6.07, 6.45) is -0.143. The summed E-state index contributed by atoms with van der Waals surface area (Å²) in [5, 5.41) is 3.33. The number of hydrogen-bond donors (Lipinski definition) is 1. The van der Waals surface area contributed by atoms with E-state index in [2.05, 4.69) is 53.8 Å². The van der Waals surface area contributed by atoms with Gasteiger partial charge >= 0.3 is 6.09 Å². The number of amides is 1. The molecule has 0 aliphatic heterocycles. The molecule has 0 unspecified atom stereocenters. The summed E-state index contributed by atoms with van der Waals surface area (Å²) in [7, 11) is 0. The molecule has 1 atom stereocenters. The van der Waals surface area contributed by atoms with Crippen LogP contribution in [0.3, 0.4) is 0 Å². The molecule has 0 aromatic heterocycles. The number of fused-ring (bicyclic) bond motifs is 3. The van der Waals surface area contributed by atoms with Gasteiger partial charge < -0.3 is 10.1 Å². The molecule has 225 valence electrons. The number of carbonyl (C=O) groups is 2. The van der Waals surface area contributed by atoms with Gasteiger partial charge in [0.15, 0.2) is 5.78 Å².